The Morgan fingerprint density at radius 3 is 2.60 bits per heavy atom. The summed E-state index contributed by atoms with van der Waals surface area (Å²) in [5, 5.41) is 3.31. The van der Waals surface area contributed by atoms with Gasteiger partial charge in [0.1, 0.15) is 11.6 Å². The fourth-order valence-corrected chi connectivity index (χ4v) is 3.65. The summed E-state index contributed by atoms with van der Waals surface area (Å²) in [7, 11) is 0. The number of hydrogen-bond donors (Lipinski definition) is 1. The molecule has 0 bridgehead atoms. The van der Waals surface area contributed by atoms with Crippen LogP contribution in [0.5, 0.6) is 5.75 Å². The summed E-state index contributed by atoms with van der Waals surface area (Å²) >= 11 is 5.85. The number of piperidine rings is 1. The van der Waals surface area contributed by atoms with Crippen molar-refractivity contribution in [3.05, 3.63) is 77.7 Å². The molecule has 3 heterocycles. The molecule has 1 N–H and O–H groups in total. The molecule has 30 heavy (non-hydrogen) atoms. The van der Waals surface area contributed by atoms with E-state index in [1.54, 1.807) is 18.2 Å². The number of nitrogens with zero attached hydrogens (tertiary/aromatic N) is 3. The lowest BCUT2D eigenvalue weighted by atomic mass is 9.97. The van der Waals surface area contributed by atoms with Crippen molar-refractivity contribution in [2.24, 2.45) is 5.92 Å². The van der Waals surface area contributed by atoms with E-state index in [1.165, 1.54) is 11.9 Å². The number of rotatable bonds is 6. The number of aromatic nitrogens is 2. The van der Waals surface area contributed by atoms with Crippen molar-refractivity contribution in [2.45, 2.75) is 12.8 Å². The van der Waals surface area contributed by atoms with Gasteiger partial charge in [0.2, 0.25) is 0 Å². The van der Waals surface area contributed by atoms with Crippen LogP contribution in [0.2, 0.25) is 5.02 Å². The smallest absolute Gasteiger partial charge is 0.260 e. The summed E-state index contributed by atoms with van der Waals surface area (Å²) in [4.78, 5) is 23.3. The molecule has 3 aromatic rings. The number of anilines is 2. The van der Waals surface area contributed by atoms with Crippen molar-refractivity contribution in [3.8, 4) is 5.75 Å². The maximum Gasteiger partial charge on any atom is 0.260 e. The molecular weight excluding hydrogens is 400 g/mol. The van der Waals surface area contributed by atoms with Gasteiger partial charge in [0.05, 0.1) is 17.2 Å². The van der Waals surface area contributed by atoms with Gasteiger partial charge in [0.25, 0.3) is 5.91 Å². The van der Waals surface area contributed by atoms with Crippen LogP contribution in [-0.2, 0) is 0 Å². The second-order valence-corrected chi connectivity index (χ2v) is 7.70. The van der Waals surface area contributed by atoms with Gasteiger partial charge >= 0.3 is 0 Å². The molecule has 154 valence electrons. The van der Waals surface area contributed by atoms with Crippen molar-refractivity contribution < 1.29 is 9.53 Å². The molecular formula is C23H23ClN4O2. The number of amides is 1. The topological polar surface area (TPSA) is 67.3 Å². The van der Waals surface area contributed by atoms with E-state index in [0.29, 0.717) is 34.7 Å². The van der Waals surface area contributed by atoms with Crippen LogP contribution in [0.25, 0.3) is 0 Å². The standard InChI is InChI=1S/C23H23ClN4O2/c24-18-5-6-22(26-15-18)27-23(29)20-3-1-2-4-21(20)30-16-17-9-13-28(14-10-17)19-7-11-25-12-8-19/h1-8,11-12,15,17H,9-10,13-14,16H2,(H,26,27,29). The van der Waals surface area contributed by atoms with Gasteiger partial charge in [-0.15, -0.1) is 0 Å². The van der Waals surface area contributed by atoms with Gasteiger partial charge in [-0.3, -0.25) is 9.78 Å². The zero-order valence-corrected chi connectivity index (χ0v) is 17.3. The van der Waals surface area contributed by atoms with Crippen molar-refractivity contribution in [1.82, 2.24) is 9.97 Å². The van der Waals surface area contributed by atoms with Crippen molar-refractivity contribution in [3.63, 3.8) is 0 Å². The minimum Gasteiger partial charge on any atom is -0.492 e. The molecule has 1 amide bonds. The average molecular weight is 423 g/mol. The van der Waals surface area contributed by atoms with E-state index in [4.69, 9.17) is 16.3 Å². The molecule has 0 atom stereocenters. The number of pyridine rings is 2. The molecule has 0 saturated carbocycles. The van der Waals surface area contributed by atoms with Crippen LogP contribution in [0.1, 0.15) is 23.2 Å². The number of nitrogens with one attached hydrogen (secondary N) is 1. The summed E-state index contributed by atoms with van der Waals surface area (Å²) < 4.78 is 6.06. The summed E-state index contributed by atoms with van der Waals surface area (Å²) in [6.07, 6.45) is 7.24. The number of para-hydroxylation sites is 1. The molecule has 2 aromatic heterocycles. The first-order valence-electron chi connectivity index (χ1n) is 9.99. The molecule has 1 aliphatic rings. The van der Waals surface area contributed by atoms with E-state index >= 15 is 0 Å². The molecule has 4 rings (SSSR count). The van der Waals surface area contributed by atoms with Crippen LogP contribution >= 0.6 is 11.6 Å². The van der Waals surface area contributed by atoms with Crippen LogP contribution < -0.4 is 15.0 Å². The first kappa shape index (κ1) is 20.2. The van der Waals surface area contributed by atoms with Gasteiger partial charge < -0.3 is 15.0 Å². The highest BCUT2D eigenvalue weighted by atomic mass is 35.5. The summed E-state index contributed by atoms with van der Waals surface area (Å²) in [6.45, 7) is 2.57. The Morgan fingerprint density at radius 1 is 1.10 bits per heavy atom. The number of carbonyl (C=O) groups excluding carboxylic acids is 1. The number of halogens is 1. The zero-order chi connectivity index (χ0) is 20.8. The first-order valence-corrected chi connectivity index (χ1v) is 10.4. The van der Waals surface area contributed by atoms with Gasteiger partial charge in [0, 0.05) is 37.4 Å². The average Bonchev–Trinajstić information content (AvgIpc) is 2.80. The number of hydrogen-bond acceptors (Lipinski definition) is 5. The van der Waals surface area contributed by atoms with Crippen molar-refractivity contribution >= 4 is 29.0 Å². The van der Waals surface area contributed by atoms with E-state index in [-0.39, 0.29) is 5.91 Å². The molecule has 0 radical (unpaired) electrons. The Hall–Kier alpha value is -3.12. The van der Waals surface area contributed by atoms with E-state index in [1.807, 2.05) is 42.7 Å². The van der Waals surface area contributed by atoms with Gasteiger partial charge in [-0.05, 0) is 55.2 Å². The third-order valence-electron chi connectivity index (χ3n) is 5.22. The maximum atomic E-state index is 12.7. The predicted molar refractivity (Wildman–Crippen MR) is 118 cm³/mol. The Balaban J connectivity index is 1.33. The Bertz CT molecular complexity index is 974. The highest BCUT2D eigenvalue weighted by Gasteiger charge is 2.21. The largest absolute Gasteiger partial charge is 0.492 e. The zero-order valence-electron chi connectivity index (χ0n) is 16.5. The number of carbonyl (C=O) groups is 1. The predicted octanol–water partition coefficient (Wildman–Crippen LogP) is 4.68. The molecule has 0 aliphatic carbocycles. The second kappa shape index (κ2) is 9.59. The lowest BCUT2D eigenvalue weighted by Gasteiger charge is -2.33. The third kappa shape index (κ3) is 5.07. The van der Waals surface area contributed by atoms with E-state index in [9.17, 15) is 4.79 Å². The quantitative estimate of drug-likeness (QED) is 0.624. The fraction of sp³-hybridized carbons (Fsp3) is 0.261. The van der Waals surface area contributed by atoms with Crippen LogP contribution in [0.3, 0.4) is 0 Å². The van der Waals surface area contributed by atoms with Crippen LogP contribution in [-0.4, -0.2) is 35.6 Å². The Kier molecular flexibility index (Phi) is 6.44. The van der Waals surface area contributed by atoms with Crippen LogP contribution in [0.4, 0.5) is 11.5 Å². The molecule has 1 fully saturated rings. The van der Waals surface area contributed by atoms with E-state index < -0.39 is 0 Å². The molecule has 7 heteroatoms. The maximum absolute atomic E-state index is 12.7. The Morgan fingerprint density at radius 2 is 1.87 bits per heavy atom. The molecule has 1 saturated heterocycles. The highest BCUT2D eigenvalue weighted by Crippen LogP contribution is 2.25. The lowest BCUT2D eigenvalue weighted by molar-refractivity contribution is 0.102. The number of benzene rings is 1. The number of ether oxygens (including phenoxy) is 1. The van der Waals surface area contributed by atoms with Crippen LogP contribution in [0, 0.1) is 5.92 Å². The lowest BCUT2D eigenvalue weighted by Crippen LogP contribution is -2.35. The van der Waals surface area contributed by atoms with Crippen molar-refractivity contribution in [1.29, 1.82) is 0 Å². The third-order valence-corrected chi connectivity index (χ3v) is 5.44. The van der Waals surface area contributed by atoms with Gasteiger partial charge in [-0.25, -0.2) is 4.98 Å². The Labute approximate surface area is 180 Å². The van der Waals surface area contributed by atoms with E-state index in [0.717, 1.165) is 25.9 Å². The van der Waals surface area contributed by atoms with Gasteiger partial charge in [0.15, 0.2) is 0 Å². The highest BCUT2D eigenvalue weighted by molar-refractivity contribution is 6.30. The van der Waals surface area contributed by atoms with Crippen LogP contribution in [0.15, 0.2) is 67.1 Å². The molecule has 0 unspecified atom stereocenters. The minimum atomic E-state index is -0.257. The molecule has 6 nitrogen and oxygen atoms in total. The minimum absolute atomic E-state index is 0.257. The SMILES string of the molecule is O=C(Nc1ccc(Cl)cn1)c1ccccc1OCC1CCN(c2ccncc2)CC1. The molecule has 1 aliphatic heterocycles. The first-order chi connectivity index (χ1) is 14.7. The molecule has 0 spiro atoms. The summed E-state index contributed by atoms with van der Waals surface area (Å²) in [5.41, 5.74) is 1.70. The summed E-state index contributed by atoms with van der Waals surface area (Å²) in [6, 6.07) is 14.7. The van der Waals surface area contributed by atoms with Gasteiger partial charge in [-0.2, -0.15) is 0 Å². The fourth-order valence-electron chi connectivity index (χ4n) is 3.53. The summed E-state index contributed by atoms with van der Waals surface area (Å²) in [5.74, 6) is 1.23. The van der Waals surface area contributed by atoms with Crippen molar-refractivity contribution in [2.75, 3.05) is 29.9 Å². The molecule has 1 aromatic carbocycles. The monoisotopic (exact) mass is 422 g/mol. The normalized spacial score (nSPS) is 14.4. The van der Waals surface area contributed by atoms with E-state index in [2.05, 4.69) is 20.2 Å². The van der Waals surface area contributed by atoms with Gasteiger partial charge in [-0.1, -0.05) is 23.7 Å². The second-order valence-electron chi connectivity index (χ2n) is 7.26.